The van der Waals surface area contributed by atoms with Gasteiger partial charge >= 0.3 is 0 Å². The number of hydrogen-bond donors (Lipinski definition) is 1. The van der Waals surface area contributed by atoms with E-state index in [2.05, 4.69) is 16.2 Å². The molecule has 1 atom stereocenters. The molecule has 100 valence electrons. The lowest BCUT2D eigenvalue weighted by Gasteiger charge is -2.08. The van der Waals surface area contributed by atoms with Crippen molar-refractivity contribution < 1.29 is 9.00 Å². The van der Waals surface area contributed by atoms with Crippen molar-refractivity contribution in [3.8, 4) is 0 Å². The smallest absolute Gasteiger partial charge is 0.274 e. The summed E-state index contributed by atoms with van der Waals surface area (Å²) in [5, 5.41) is 4.34. The zero-order chi connectivity index (χ0) is 14.2. The van der Waals surface area contributed by atoms with Crippen molar-refractivity contribution in [2.24, 2.45) is 0 Å². The zero-order valence-electron chi connectivity index (χ0n) is 10.6. The van der Waals surface area contributed by atoms with Crippen molar-refractivity contribution in [3.05, 3.63) is 59.3 Å². The third-order valence-electron chi connectivity index (χ3n) is 3.01. The average molecular weight is 284 g/mol. The minimum atomic E-state index is -2.38. The molecular weight excluding hydrogens is 272 g/mol. The number of amides is 1. The maximum Gasteiger partial charge on any atom is 0.274 e. The highest BCUT2D eigenvalue weighted by Crippen LogP contribution is 2.29. The van der Waals surface area contributed by atoms with Crippen LogP contribution in [0.25, 0.3) is 6.08 Å². The van der Waals surface area contributed by atoms with Crippen molar-refractivity contribution in [1.29, 1.82) is 0 Å². The predicted molar refractivity (Wildman–Crippen MR) is 81.2 cm³/mol. The lowest BCUT2D eigenvalue weighted by atomic mass is 10.2. The number of fused-ring (bicyclic) bond motifs is 1. The molecule has 5 heteroatoms. The number of aromatic nitrogens is 1. The quantitative estimate of drug-likeness (QED) is 0.861. The number of nitrogens with zero attached hydrogens (tertiary/aromatic N) is 1. The molecule has 2 aromatic rings. The highest BCUT2D eigenvalue weighted by Gasteiger charge is 2.16. The van der Waals surface area contributed by atoms with Crippen LogP contribution in [0.3, 0.4) is 0 Å². The fourth-order valence-electron chi connectivity index (χ4n) is 2.00. The van der Waals surface area contributed by atoms with Gasteiger partial charge in [0.25, 0.3) is 5.91 Å². The van der Waals surface area contributed by atoms with E-state index in [1.165, 1.54) is 0 Å². The lowest BCUT2D eigenvalue weighted by Crippen LogP contribution is -2.13. The van der Waals surface area contributed by atoms with Gasteiger partial charge in [-0.05, 0) is 47.2 Å². The number of hydrogen-bond acceptors (Lipinski definition) is 3. The Labute approximate surface area is 117 Å². The van der Waals surface area contributed by atoms with E-state index in [1.807, 2.05) is 6.07 Å². The van der Waals surface area contributed by atoms with E-state index in [4.69, 9.17) is 0 Å². The number of benzene rings is 1. The molecule has 4 nitrogen and oxygen atoms in total. The van der Waals surface area contributed by atoms with Crippen molar-refractivity contribution in [1.82, 2.24) is 4.98 Å². The van der Waals surface area contributed by atoms with Crippen molar-refractivity contribution in [2.75, 3.05) is 5.32 Å². The summed E-state index contributed by atoms with van der Waals surface area (Å²) in [4.78, 5) is 16.6. The van der Waals surface area contributed by atoms with Crippen LogP contribution in [0, 0.1) is 0 Å². The van der Waals surface area contributed by atoms with E-state index >= 15 is 0 Å². The van der Waals surface area contributed by atoms with Gasteiger partial charge < -0.3 is 5.32 Å². The minimum Gasteiger partial charge on any atom is -0.321 e. The third-order valence-corrected chi connectivity index (χ3v) is 4.68. The standard InChI is InChI=1S/C15H12N2O2S/c1-20(19)9-7-11-5-6-12(10-14(11)20)17-15(18)13-4-2-3-8-16-13/h2-10H,1H2,(H,17,18). The number of pyridine rings is 1. The van der Waals surface area contributed by atoms with E-state index in [1.54, 1.807) is 48.0 Å². The summed E-state index contributed by atoms with van der Waals surface area (Å²) in [6, 6.07) is 10.4. The molecule has 2 heterocycles. The molecule has 3 rings (SSSR count). The van der Waals surface area contributed by atoms with E-state index in [9.17, 15) is 9.00 Å². The molecule has 0 fully saturated rings. The van der Waals surface area contributed by atoms with Crippen LogP contribution >= 0.6 is 0 Å². The maximum absolute atomic E-state index is 12.2. The van der Waals surface area contributed by atoms with Gasteiger partial charge in [0.15, 0.2) is 0 Å². The molecule has 0 spiro atoms. The Kier molecular flexibility index (Phi) is 2.91. The number of anilines is 1. The molecule has 20 heavy (non-hydrogen) atoms. The Bertz CT molecular complexity index is 809. The molecule has 1 amide bonds. The third kappa shape index (κ3) is 2.23. The molecule has 1 aromatic heterocycles. The Morgan fingerprint density at radius 1 is 1.25 bits per heavy atom. The summed E-state index contributed by atoms with van der Waals surface area (Å²) in [7, 11) is -2.38. The van der Waals surface area contributed by atoms with E-state index in [0.717, 1.165) is 5.56 Å². The van der Waals surface area contributed by atoms with Crippen LogP contribution in [0.1, 0.15) is 16.1 Å². The van der Waals surface area contributed by atoms with Crippen LogP contribution in [-0.4, -0.2) is 21.0 Å². The van der Waals surface area contributed by atoms with E-state index < -0.39 is 9.52 Å². The summed E-state index contributed by atoms with van der Waals surface area (Å²) in [5.74, 6) is 3.41. The van der Waals surface area contributed by atoms with Crippen LogP contribution < -0.4 is 5.32 Å². The molecule has 0 saturated carbocycles. The molecule has 1 aliphatic rings. The molecule has 0 radical (unpaired) electrons. The van der Waals surface area contributed by atoms with Crippen LogP contribution in [0.15, 0.2) is 52.9 Å². The Balaban J connectivity index is 1.89. The first-order valence-corrected chi connectivity index (χ1v) is 7.77. The second-order valence-corrected chi connectivity index (χ2v) is 6.62. The van der Waals surface area contributed by atoms with Crippen molar-refractivity contribution >= 4 is 33.1 Å². The first-order chi connectivity index (χ1) is 9.56. The van der Waals surface area contributed by atoms with Gasteiger partial charge in [-0.3, -0.25) is 14.0 Å². The summed E-state index contributed by atoms with van der Waals surface area (Å²) in [5.41, 5.74) is 1.79. The molecule has 1 aromatic carbocycles. The van der Waals surface area contributed by atoms with Gasteiger partial charge in [-0.25, -0.2) is 0 Å². The van der Waals surface area contributed by atoms with Gasteiger partial charge in [0.2, 0.25) is 0 Å². The second kappa shape index (κ2) is 4.61. The van der Waals surface area contributed by atoms with Gasteiger partial charge in [0.05, 0.1) is 0 Å². The number of nitrogens with one attached hydrogen (secondary N) is 1. The van der Waals surface area contributed by atoms with Crippen molar-refractivity contribution in [3.63, 3.8) is 0 Å². The van der Waals surface area contributed by atoms with E-state index in [-0.39, 0.29) is 5.91 Å². The molecule has 0 aliphatic carbocycles. The Morgan fingerprint density at radius 2 is 2.10 bits per heavy atom. The van der Waals surface area contributed by atoms with Gasteiger partial charge in [0.1, 0.15) is 5.69 Å². The van der Waals surface area contributed by atoms with Gasteiger partial charge in [-0.1, -0.05) is 12.1 Å². The first kappa shape index (κ1) is 12.6. The normalized spacial score (nSPS) is 19.6. The number of carbonyl (C=O) groups is 1. The first-order valence-electron chi connectivity index (χ1n) is 5.98. The monoisotopic (exact) mass is 284 g/mol. The van der Waals surface area contributed by atoms with Crippen molar-refractivity contribution in [2.45, 2.75) is 4.90 Å². The second-order valence-electron chi connectivity index (χ2n) is 4.45. The largest absolute Gasteiger partial charge is 0.321 e. The highest BCUT2D eigenvalue weighted by atomic mass is 32.2. The van der Waals surface area contributed by atoms with Crippen LogP contribution in [0.2, 0.25) is 0 Å². The molecule has 0 bridgehead atoms. The fraction of sp³-hybridized carbons (Fsp3) is 0. The molecule has 1 aliphatic heterocycles. The predicted octanol–water partition coefficient (Wildman–Crippen LogP) is 2.39. The topological polar surface area (TPSA) is 59.1 Å². The summed E-state index contributed by atoms with van der Waals surface area (Å²) in [6.45, 7) is 0. The summed E-state index contributed by atoms with van der Waals surface area (Å²) >= 11 is 0. The summed E-state index contributed by atoms with van der Waals surface area (Å²) < 4.78 is 12.2. The average Bonchev–Trinajstić information content (AvgIpc) is 2.75. The Hall–Kier alpha value is -2.40. The van der Waals surface area contributed by atoms with Gasteiger partial charge in [-0.15, -0.1) is 0 Å². The van der Waals surface area contributed by atoms with Crippen LogP contribution in [0.4, 0.5) is 5.69 Å². The lowest BCUT2D eigenvalue weighted by molar-refractivity contribution is 0.102. The molecule has 0 saturated heterocycles. The molecular formula is C15H12N2O2S. The SMILES string of the molecule is C=S1(=O)C=Cc2ccc(NC(=O)c3ccccn3)cc21. The van der Waals surface area contributed by atoms with Crippen LogP contribution in [-0.2, 0) is 9.52 Å². The molecule has 1 unspecified atom stereocenters. The fourth-order valence-corrected chi connectivity index (χ4v) is 3.37. The van der Waals surface area contributed by atoms with Crippen LogP contribution in [0.5, 0.6) is 0 Å². The van der Waals surface area contributed by atoms with Gasteiger partial charge in [0, 0.05) is 26.3 Å². The van der Waals surface area contributed by atoms with Gasteiger partial charge in [-0.2, -0.15) is 0 Å². The zero-order valence-corrected chi connectivity index (χ0v) is 11.4. The van der Waals surface area contributed by atoms with E-state index in [0.29, 0.717) is 16.3 Å². The number of rotatable bonds is 2. The number of carbonyl (C=O) groups excluding carboxylic acids is 1. The Morgan fingerprint density at radius 3 is 2.85 bits per heavy atom. The molecule has 1 N–H and O–H groups in total. The minimum absolute atomic E-state index is 0.299. The highest BCUT2D eigenvalue weighted by molar-refractivity contribution is 8.03. The summed E-state index contributed by atoms with van der Waals surface area (Å²) in [6.07, 6.45) is 3.35. The maximum atomic E-state index is 12.2.